The fraction of sp³-hybridized carbons (Fsp3) is 0.947. The average Bonchev–Trinajstić information content (AvgIpc) is 1.44. The largest absolute Gasteiger partial charge is 0.472 e. The van der Waals surface area contributed by atoms with E-state index in [2.05, 4.69) is 41.5 Å². The summed E-state index contributed by atoms with van der Waals surface area (Å²) in [6.45, 7) is 9.51. The molecule has 0 aliphatic carbocycles. The fourth-order valence-electron chi connectivity index (χ4n) is 11.4. The molecular formula is C75H146O17P2. The van der Waals surface area contributed by atoms with Gasteiger partial charge in [-0.05, 0) is 37.5 Å². The third kappa shape index (κ3) is 67.3. The zero-order valence-corrected chi connectivity index (χ0v) is 63.1. The van der Waals surface area contributed by atoms with Crippen LogP contribution in [0.2, 0.25) is 0 Å². The zero-order chi connectivity index (χ0) is 69.3. The summed E-state index contributed by atoms with van der Waals surface area (Å²) in [6.07, 6.45) is 54.4. The van der Waals surface area contributed by atoms with Gasteiger partial charge >= 0.3 is 39.5 Å². The van der Waals surface area contributed by atoms with Crippen LogP contribution in [0.3, 0.4) is 0 Å². The molecule has 0 aliphatic heterocycles. The molecular weight excluding hydrogens is 1230 g/mol. The predicted molar refractivity (Wildman–Crippen MR) is 381 cm³/mol. The molecule has 0 amide bonds. The molecule has 0 radical (unpaired) electrons. The van der Waals surface area contributed by atoms with Crippen LogP contribution in [0.25, 0.3) is 0 Å². The van der Waals surface area contributed by atoms with Crippen molar-refractivity contribution in [1.82, 2.24) is 0 Å². The van der Waals surface area contributed by atoms with Crippen molar-refractivity contribution in [3.05, 3.63) is 0 Å². The summed E-state index contributed by atoms with van der Waals surface area (Å²) in [5.74, 6) is -0.649. The van der Waals surface area contributed by atoms with E-state index in [-0.39, 0.29) is 25.7 Å². The molecule has 558 valence electrons. The van der Waals surface area contributed by atoms with Crippen molar-refractivity contribution in [2.45, 2.75) is 407 Å². The van der Waals surface area contributed by atoms with Crippen LogP contribution in [0, 0.1) is 11.8 Å². The Bertz CT molecular complexity index is 1820. The molecule has 0 saturated carbocycles. The molecule has 17 nitrogen and oxygen atoms in total. The van der Waals surface area contributed by atoms with E-state index in [1.54, 1.807) is 0 Å². The van der Waals surface area contributed by atoms with Gasteiger partial charge in [0.25, 0.3) is 0 Å². The van der Waals surface area contributed by atoms with Crippen molar-refractivity contribution in [1.29, 1.82) is 0 Å². The first-order valence-corrected chi connectivity index (χ1v) is 42.0. The normalized spacial score (nSPS) is 14.3. The topological polar surface area (TPSA) is 237 Å². The van der Waals surface area contributed by atoms with Gasteiger partial charge in [-0.3, -0.25) is 37.3 Å². The minimum atomic E-state index is -4.96. The van der Waals surface area contributed by atoms with Gasteiger partial charge in [-0.15, -0.1) is 0 Å². The molecule has 0 rings (SSSR count). The molecule has 0 aromatic carbocycles. The quantitative estimate of drug-likeness (QED) is 0.0222. The van der Waals surface area contributed by atoms with Gasteiger partial charge in [0.15, 0.2) is 12.2 Å². The Morgan fingerprint density at radius 2 is 0.543 bits per heavy atom. The monoisotopic (exact) mass is 1380 g/mol. The lowest BCUT2D eigenvalue weighted by molar-refractivity contribution is -0.161. The first-order chi connectivity index (χ1) is 45.4. The minimum absolute atomic E-state index is 0.104. The molecule has 0 spiro atoms. The van der Waals surface area contributed by atoms with E-state index >= 15 is 0 Å². The molecule has 0 fully saturated rings. The highest BCUT2D eigenvalue weighted by Gasteiger charge is 2.30. The van der Waals surface area contributed by atoms with Crippen LogP contribution in [0.15, 0.2) is 0 Å². The Morgan fingerprint density at radius 3 is 0.809 bits per heavy atom. The summed E-state index contributed by atoms with van der Waals surface area (Å²) >= 11 is 0. The molecule has 0 aromatic heterocycles. The van der Waals surface area contributed by atoms with Gasteiger partial charge in [-0.25, -0.2) is 9.13 Å². The van der Waals surface area contributed by atoms with Crippen LogP contribution in [0.4, 0.5) is 0 Å². The van der Waals surface area contributed by atoms with Crippen LogP contribution in [0.5, 0.6) is 0 Å². The van der Waals surface area contributed by atoms with Gasteiger partial charge in [-0.2, -0.15) is 0 Å². The molecule has 0 saturated heterocycles. The van der Waals surface area contributed by atoms with E-state index in [4.69, 9.17) is 37.0 Å². The standard InChI is InChI=1S/C75H146O17P2/c1-7-10-12-14-16-18-20-21-22-23-24-25-26-27-28-29-30-31-33-41-47-53-59-74(79)91-70(63-86-73(78)58-52-46-40-35-34-38-44-50-56-68(6)9-3)65-89-93(81,82)87-61-69(76)62-88-94(83,84)90-66-71(92-75(80)60-54-48-42-36-37-43-49-55-67(4)5)64-85-72(77)57-51-45-39-32-19-17-15-13-11-8-2/h67-71,76H,7-66H2,1-6H3,(H,81,82)(H,83,84)/t68?,69-,70-,71-/m1/s1. The number of ether oxygens (including phenoxy) is 4. The molecule has 94 heavy (non-hydrogen) atoms. The summed E-state index contributed by atoms with van der Waals surface area (Å²) in [6, 6.07) is 0. The SMILES string of the molecule is CCCCCCCCCCCCCCCCCCCCCCCCC(=O)O[C@H](COC(=O)CCCCCCCCCCC(C)CC)COP(=O)(O)OC[C@@H](O)COP(=O)(O)OC[C@@H](COC(=O)CCCCCCCCCCCC)OC(=O)CCCCCCCCCC(C)C. The smallest absolute Gasteiger partial charge is 0.462 e. The number of carbonyl (C=O) groups excluding carboxylic acids is 4. The van der Waals surface area contributed by atoms with Crippen molar-refractivity contribution >= 4 is 39.5 Å². The maximum Gasteiger partial charge on any atom is 0.472 e. The highest BCUT2D eigenvalue weighted by molar-refractivity contribution is 7.47. The van der Waals surface area contributed by atoms with Gasteiger partial charge in [-0.1, -0.05) is 337 Å². The van der Waals surface area contributed by atoms with Crippen molar-refractivity contribution in [2.24, 2.45) is 11.8 Å². The van der Waals surface area contributed by atoms with E-state index in [9.17, 15) is 43.2 Å². The minimum Gasteiger partial charge on any atom is -0.462 e. The van der Waals surface area contributed by atoms with E-state index < -0.39 is 97.5 Å². The second kappa shape index (κ2) is 66.9. The predicted octanol–water partition coefficient (Wildman–Crippen LogP) is 21.9. The lowest BCUT2D eigenvalue weighted by Gasteiger charge is -2.21. The highest BCUT2D eigenvalue weighted by atomic mass is 31.2. The number of aliphatic hydroxyl groups excluding tert-OH is 1. The van der Waals surface area contributed by atoms with Gasteiger partial charge in [0.05, 0.1) is 26.4 Å². The summed E-state index contributed by atoms with van der Waals surface area (Å²) in [4.78, 5) is 72.6. The molecule has 6 atom stereocenters. The first kappa shape index (κ1) is 92.1. The summed E-state index contributed by atoms with van der Waals surface area (Å²) < 4.78 is 68.4. The molecule has 0 aromatic rings. The second-order valence-electron chi connectivity index (χ2n) is 27.8. The molecule has 3 unspecified atom stereocenters. The molecule has 0 bridgehead atoms. The van der Waals surface area contributed by atoms with E-state index in [0.717, 1.165) is 95.8 Å². The van der Waals surface area contributed by atoms with Crippen molar-refractivity contribution in [2.75, 3.05) is 39.6 Å². The Kier molecular flexibility index (Phi) is 65.5. The second-order valence-corrected chi connectivity index (χ2v) is 30.7. The van der Waals surface area contributed by atoms with Crippen LogP contribution in [0.1, 0.15) is 388 Å². The Labute approximate surface area is 575 Å². The van der Waals surface area contributed by atoms with E-state index in [0.29, 0.717) is 31.6 Å². The number of hydrogen-bond acceptors (Lipinski definition) is 15. The van der Waals surface area contributed by atoms with Gasteiger partial charge in [0.2, 0.25) is 0 Å². The lowest BCUT2D eigenvalue weighted by Crippen LogP contribution is -2.30. The van der Waals surface area contributed by atoms with E-state index in [1.807, 2.05) is 0 Å². The average molecular weight is 1380 g/mol. The number of phosphoric acid groups is 2. The Hall–Kier alpha value is -1.94. The van der Waals surface area contributed by atoms with Gasteiger partial charge in [0, 0.05) is 25.7 Å². The first-order valence-electron chi connectivity index (χ1n) is 39.0. The van der Waals surface area contributed by atoms with Crippen LogP contribution < -0.4 is 0 Å². The molecule has 0 aliphatic rings. The zero-order valence-electron chi connectivity index (χ0n) is 61.3. The van der Waals surface area contributed by atoms with Crippen LogP contribution in [-0.2, 0) is 65.4 Å². The maximum atomic E-state index is 13.1. The Balaban J connectivity index is 5.16. The van der Waals surface area contributed by atoms with Crippen molar-refractivity contribution in [3.8, 4) is 0 Å². The number of phosphoric ester groups is 2. The summed E-state index contributed by atoms with van der Waals surface area (Å²) in [5.41, 5.74) is 0. The molecule has 0 heterocycles. The third-order valence-corrected chi connectivity index (χ3v) is 19.7. The Morgan fingerprint density at radius 1 is 0.309 bits per heavy atom. The van der Waals surface area contributed by atoms with E-state index in [1.165, 1.54) is 205 Å². The maximum absolute atomic E-state index is 13.1. The fourth-order valence-corrected chi connectivity index (χ4v) is 13.0. The lowest BCUT2D eigenvalue weighted by atomic mass is 9.99. The summed E-state index contributed by atoms with van der Waals surface area (Å²) in [7, 11) is -9.91. The van der Waals surface area contributed by atoms with Crippen molar-refractivity contribution in [3.63, 3.8) is 0 Å². The third-order valence-electron chi connectivity index (χ3n) is 17.8. The van der Waals surface area contributed by atoms with Crippen LogP contribution in [-0.4, -0.2) is 96.7 Å². The number of aliphatic hydroxyl groups is 1. The number of unbranched alkanes of at least 4 members (excludes halogenated alkanes) is 43. The summed E-state index contributed by atoms with van der Waals surface area (Å²) in [5, 5.41) is 10.6. The van der Waals surface area contributed by atoms with Gasteiger partial charge < -0.3 is 33.8 Å². The van der Waals surface area contributed by atoms with Gasteiger partial charge in [0.1, 0.15) is 19.3 Å². The highest BCUT2D eigenvalue weighted by Crippen LogP contribution is 2.45. The molecule has 19 heteroatoms. The number of esters is 4. The number of hydrogen-bond donors (Lipinski definition) is 3. The number of carbonyl (C=O) groups is 4. The number of rotatable bonds is 74. The van der Waals surface area contributed by atoms with Crippen LogP contribution >= 0.6 is 15.6 Å². The van der Waals surface area contributed by atoms with Crippen molar-refractivity contribution < 1.29 is 80.2 Å². The molecule has 3 N–H and O–H groups in total.